The summed E-state index contributed by atoms with van der Waals surface area (Å²) in [6, 6.07) is 11.0. The van der Waals surface area contributed by atoms with Gasteiger partial charge in [0.05, 0.1) is 22.5 Å². The predicted octanol–water partition coefficient (Wildman–Crippen LogP) is 4.57. The zero-order chi connectivity index (χ0) is 21.4. The molecule has 1 aromatic carbocycles. The van der Waals surface area contributed by atoms with Crippen LogP contribution >= 0.6 is 11.6 Å². The molecule has 1 amide bonds. The summed E-state index contributed by atoms with van der Waals surface area (Å²) in [7, 11) is 3.71. The van der Waals surface area contributed by atoms with Crippen molar-refractivity contribution in [2.75, 3.05) is 7.05 Å². The maximum Gasteiger partial charge on any atom is 0.254 e. The lowest BCUT2D eigenvalue weighted by Gasteiger charge is -2.19. The van der Waals surface area contributed by atoms with E-state index in [4.69, 9.17) is 16.6 Å². The molecule has 0 N–H and O–H groups in total. The van der Waals surface area contributed by atoms with Gasteiger partial charge in [-0.05, 0) is 50.2 Å². The van der Waals surface area contributed by atoms with E-state index in [1.165, 1.54) is 0 Å². The number of rotatable bonds is 4. The van der Waals surface area contributed by atoms with Crippen LogP contribution in [0.3, 0.4) is 0 Å². The number of amides is 1. The first-order valence-electron chi connectivity index (χ1n) is 9.60. The SMILES string of the molecule is Cc1nn(C)c(C)c1CN(C)C(=O)c1cc(-c2cccnc2)nc2ccc(Cl)cc12. The largest absolute Gasteiger partial charge is 0.337 e. The normalized spacial score (nSPS) is 11.1. The van der Waals surface area contributed by atoms with Crippen molar-refractivity contribution in [1.29, 1.82) is 0 Å². The first-order valence-corrected chi connectivity index (χ1v) is 9.98. The molecule has 0 bridgehead atoms. The molecular formula is C23H22ClN5O. The van der Waals surface area contributed by atoms with Crippen LogP contribution in [0.1, 0.15) is 27.3 Å². The fourth-order valence-electron chi connectivity index (χ4n) is 3.60. The van der Waals surface area contributed by atoms with Crippen molar-refractivity contribution in [2.45, 2.75) is 20.4 Å². The summed E-state index contributed by atoms with van der Waals surface area (Å²) < 4.78 is 1.84. The van der Waals surface area contributed by atoms with Crippen LogP contribution < -0.4 is 0 Å². The number of hydrogen-bond acceptors (Lipinski definition) is 4. The van der Waals surface area contributed by atoms with Gasteiger partial charge in [-0.1, -0.05) is 11.6 Å². The summed E-state index contributed by atoms with van der Waals surface area (Å²) in [5.74, 6) is -0.0996. The van der Waals surface area contributed by atoms with E-state index in [-0.39, 0.29) is 5.91 Å². The summed E-state index contributed by atoms with van der Waals surface area (Å²) in [5, 5.41) is 5.75. The highest BCUT2D eigenvalue weighted by Crippen LogP contribution is 2.28. The number of nitrogens with zero attached hydrogens (tertiary/aromatic N) is 5. The van der Waals surface area contributed by atoms with E-state index in [0.717, 1.165) is 27.9 Å². The summed E-state index contributed by atoms with van der Waals surface area (Å²) in [6.07, 6.45) is 3.45. The van der Waals surface area contributed by atoms with E-state index in [1.807, 2.05) is 49.8 Å². The average molecular weight is 420 g/mol. The third-order valence-electron chi connectivity index (χ3n) is 5.36. The molecule has 30 heavy (non-hydrogen) atoms. The first kappa shape index (κ1) is 20.0. The van der Waals surface area contributed by atoms with E-state index >= 15 is 0 Å². The Balaban J connectivity index is 1.79. The molecule has 152 valence electrons. The van der Waals surface area contributed by atoms with Crippen LogP contribution in [0, 0.1) is 13.8 Å². The van der Waals surface area contributed by atoms with Crippen LogP contribution in [0.15, 0.2) is 48.8 Å². The number of halogens is 1. The molecule has 3 heterocycles. The molecule has 0 radical (unpaired) electrons. The minimum Gasteiger partial charge on any atom is -0.337 e. The van der Waals surface area contributed by atoms with Gasteiger partial charge in [0.25, 0.3) is 5.91 Å². The van der Waals surface area contributed by atoms with Crippen LogP contribution in [0.4, 0.5) is 0 Å². The van der Waals surface area contributed by atoms with Crippen LogP contribution in [0.2, 0.25) is 5.02 Å². The minimum atomic E-state index is -0.0996. The summed E-state index contributed by atoms with van der Waals surface area (Å²) in [6.45, 7) is 4.44. The molecule has 0 fully saturated rings. The highest BCUT2D eigenvalue weighted by Gasteiger charge is 2.20. The van der Waals surface area contributed by atoms with Crippen molar-refractivity contribution in [3.05, 3.63) is 76.3 Å². The average Bonchev–Trinajstić information content (AvgIpc) is 2.99. The predicted molar refractivity (Wildman–Crippen MR) is 118 cm³/mol. The van der Waals surface area contributed by atoms with Gasteiger partial charge < -0.3 is 4.90 Å². The molecule has 0 aliphatic heterocycles. The number of carbonyl (C=O) groups is 1. The number of carbonyl (C=O) groups excluding carboxylic acids is 1. The number of hydrogen-bond donors (Lipinski definition) is 0. The van der Waals surface area contributed by atoms with Gasteiger partial charge in [0.1, 0.15) is 0 Å². The monoisotopic (exact) mass is 419 g/mol. The molecule has 0 spiro atoms. The fraction of sp³-hybridized carbons (Fsp3) is 0.217. The lowest BCUT2D eigenvalue weighted by atomic mass is 10.0. The van der Waals surface area contributed by atoms with Gasteiger partial charge >= 0.3 is 0 Å². The standard InChI is InChI=1S/C23H22ClN5O/c1-14-20(15(2)29(4)27-14)13-28(3)23(30)19-11-22(16-6-5-9-25-12-16)26-21-8-7-17(24)10-18(19)21/h5-12H,13H2,1-4H3. The van der Waals surface area contributed by atoms with Crippen molar-refractivity contribution in [3.8, 4) is 11.3 Å². The van der Waals surface area contributed by atoms with Crippen molar-refractivity contribution in [1.82, 2.24) is 24.6 Å². The topological polar surface area (TPSA) is 63.9 Å². The zero-order valence-corrected chi connectivity index (χ0v) is 18.1. The van der Waals surface area contributed by atoms with Crippen LogP contribution in [0.5, 0.6) is 0 Å². The van der Waals surface area contributed by atoms with Crippen molar-refractivity contribution >= 4 is 28.4 Å². The molecule has 0 atom stereocenters. The molecule has 7 heteroatoms. The molecule has 0 saturated heterocycles. The number of benzene rings is 1. The van der Waals surface area contributed by atoms with E-state index in [9.17, 15) is 4.79 Å². The van der Waals surface area contributed by atoms with E-state index in [0.29, 0.717) is 28.3 Å². The number of pyridine rings is 2. The summed E-state index contributed by atoms with van der Waals surface area (Å²) >= 11 is 6.23. The Labute approximate surface area is 180 Å². The van der Waals surface area contributed by atoms with Crippen LogP contribution in [-0.4, -0.2) is 37.6 Å². The van der Waals surface area contributed by atoms with Crippen molar-refractivity contribution in [2.24, 2.45) is 7.05 Å². The Hall–Kier alpha value is -3.25. The third-order valence-corrected chi connectivity index (χ3v) is 5.59. The van der Waals surface area contributed by atoms with Crippen LogP contribution in [-0.2, 0) is 13.6 Å². The van der Waals surface area contributed by atoms with Gasteiger partial charge in [0.15, 0.2) is 0 Å². The molecule has 4 rings (SSSR count). The number of aryl methyl sites for hydroxylation is 2. The lowest BCUT2D eigenvalue weighted by molar-refractivity contribution is 0.0786. The molecule has 3 aromatic heterocycles. The van der Waals surface area contributed by atoms with Gasteiger partial charge in [-0.2, -0.15) is 5.10 Å². The molecule has 0 aliphatic carbocycles. The Morgan fingerprint density at radius 2 is 2.00 bits per heavy atom. The quantitative estimate of drug-likeness (QED) is 0.486. The Morgan fingerprint density at radius 3 is 2.67 bits per heavy atom. The number of aromatic nitrogens is 4. The first-order chi connectivity index (χ1) is 14.3. The maximum absolute atomic E-state index is 13.5. The van der Waals surface area contributed by atoms with Crippen molar-refractivity contribution in [3.63, 3.8) is 0 Å². The maximum atomic E-state index is 13.5. The molecule has 0 aliphatic rings. The van der Waals surface area contributed by atoms with Crippen LogP contribution in [0.25, 0.3) is 22.2 Å². The Bertz CT molecular complexity index is 1250. The van der Waals surface area contributed by atoms with E-state index in [2.05, 4.69) is 10.1 Å². The minimum absolute atomic E-state index is 0.0996. The second-order valence-electron chi connectivity index (χ2n) is 7.39. The Morgan fingerprint density at radius 1 is 1.20 bits per heavy atom. The zero-order valence-electron chi connectivity index (χ0n) is 17.3. The third kappa shape index (κ3) is 3.66. The van der Waals surface area contributed by atoms with Gasteiger partial charge in [-0.15, -0.1) is 0 Å². The summed E-state index contributed by atoms with van der Waals surface area (Å²) in [5.41, 5.74) is 5.85. The van der Waals surface area contributed by atoms with E-state index < -0.39 is 0 Å². The van der Waals surface area contributed by atoms with Gasteiger partial charge in [0.2, 0.25) is 0 Å². The van der Waals surface area contributed by atoms with Crippen molar-refractivity contribution < 1.29 is 4.79 Å². The van der Waals surface area contributed by atoms with Gasteiger partial charge in [-0.25, -0.2) is 4.98 Å². The van der Waals surface area contributed by atoms with Gasteiger partial charge in [-0.3, -0.25) is 14.5 Å². The smallest absolute Gasteiger partial charge is 0.254 e. The molecular weight excluding hydrogens is 398 g/mol. The highest BCUT2D eigenvalue weighted by molar-refractivity contribution is 6.31. The molecule has 6 nitrogen and oxygen atoms in total. The highest BCUT2D eigenvalue weighted by atomic mass is 35.5. The molecule has 4 aromatic rings. The lowest BCUT2D eigenvalue weighted by Crippen LogP contribution is -2.27. The number of fused-ring (bicyclic) bond motifs is 1. The second-order valence-corrected chi connectivity index (χ2v) is 7.83. The summed E-state index contributed by atoms with van der Waals surface area (Å²) in [4.78, 5) is 24.1. The molecule has 0 unspecified atom stereocenters. The second kappa shape index (κ2) is 7.88. The van der Waals surface area contributed by atoms with Gasteiger partial charge in [0, 0.05) is 60.3 Å². The van der Waals surface area contributed by atoms with E-state index in [1.54, 1.807) is 36.5 Å². The molecule has 0 saturated carbocycles. The Kier molecular flexibility index (Phi) is 5.26. The fourth-order valence-corrected chi connectivity index (χ4v) is 3.77.